The third-order valence-corrected chi connectivity index (χ3v) is 1.46. The minimum atomic E-state index is -1.29. The summed E-state index contributed by atoms with van der Waals surface area (Å²) in [7, 11) is 0. The van der Waals surface area contributed by atoms with Gasteiger partial charge in [0.1, 0.15) is 5.56 Å². The minimum absolute atomic E-state index is 0.0256. The lowest BCUT2D eigenvalue weighted by Crippen LogP contribution is -2.07. The molecule has 0 bridgehead atoms. The average Bonchev–Trinajstić information content (AvgIpc) is 2.08. The second-order valence-electron chi connectivity index (χ2n) is 2.36. The molecule has 1 aromatic rings. The van der Waals surface area contributed by atoms with Gasteiger partial charge in [0.2, 0.25) is 0 Å². The smallest absolute Gasteiger partial charge is 0.338 e. The van der Waals surface area contributed by atoms with Crippen molar-refractivity contribution in [3.8, 4) is 0 Å². The van der Waals surface area contributed by atoms with E-state index in [-0.39, 0.29) is 11.4 Å². The summed E-state index contributed by atoms with van der Waals surface area (Å²) in [5.74, 6) is -2.14. The number of carbonyl (C=O) groups is 1. The van der Waals surface area contributed by atoms with Gasteiger partial charge in [0.25, 0.3) is 0 Å². The highest BCUT2D eigenvalue weighted by molar-refractivity contribution is 5.88. The Morgan fingerprint density at radius 1 is 1.77 bits per heavy atom. The molecule has 0 unspecified atom stereocenters. The van der Waals surface area contributed by atoms with Gasteiger partial charge in [-0.3, -0.25) is 0 Å². The van der Waals surface area contributed by atoms with Crippen LogP contribution in [0.25, 0.3) is 0 Å². The Hall–Kier alpha value is -1.65. The van der Waals surface area contributed by atoms with E-state index < -0.39 is 11.8 Å². The van der Waals surface area contributed by atoms with E-state index in [4.69, 9.17) is 5.11 Å². The van der Waals surface area contributed by atoms with Crippen molar-refractivity contribution in [3.05, 3.63) is 23.6 Å². The zero-order chi connectivity index (χ0) is 9.84. The van der Waals surface area contributed by atoms with Crippen LogP contribution in [0.4, 0.5) is 10.2 Å². The minimum Gasteiger partial charge on any atom is -0.478 e. The summed E-state index contributed by atoms with van der Waals surface area (Å²) in [6.45, 7) is 2.27. The number of carboxylic acids is 1. The number of rotatable bonds is 3. The van der Waals surface area contributed by atoms with Gasteiger partial charge in [0, 0.05) is 12.7 Å². The monoisotopic (exact) mass is 184 g/mol. The van der Waals surface area contributed by atoms with Crippen LogP contribution in [0.2, 0.25) is 0 Å². The molecule has 0 aliphatic carbocycles. The Labute approximate surface area is 74.4 Å². The van der Waals surface area contributed by atoms with Gasteiger partial charge in [-0.25, -0.2) is 14.2 Å². The first-order valence-corrected chi connectivity index (χ1v) is 3.78. The molecule has 0 saturated carbocycles. The number of nitrogens with one attached hydrogen (secondary N) is 1. The molecule has 0 aliphatic heterocycles. The van der Waals surface area contributed by atoms with Crippen molar-refractivity contribution in [2.75, 3.05) is 11.9 Å². The Kier molecular flexibility index (Phi) is 2.79. The van der Waals surface area contributed by atoms with Crippen molar-refractivity contribution >= 4 is 11.8 Å². The molecule has 0 fully saturated rings. The van der Waals surface area contributed by atoms with Gasteiger partial charge >= 0.3 is 5.97 Å². The normalized spacial score (nSPS) is 9.69. The lowest BCUT2D eigenvalue weighted by atomic mass is 10.2. The summed E-state index contributed by atoms with van der Waals surface area (Å²) in [5.41, 5.74) is -0.369. The molecule has 0 atom stereocenters. The van der Waals surface area contributed by atoms with E-state index >= 15 is 0 Å². The van der Waals surface area contributed by atoms with E-state index in [1.807, 2.05) is 0 Å². The summed E-state index contributed by atoms with van der Waals surface area (Å²) >= 11 is 0. The van der Waals surface area contributed by atoms with Crippen molar-refractivity contribution in [3.63, 3.8) is 0 Å². The number of halogens is 1. The Morgan fingerprint density at radius 3 is 3.00 bits per heavy atom. The first-order chi connectivity index (χ1) is 6.16. The molecular weight excluding hydrogens is 175 g/mol. The maximum atomic E-state index is 13.2. The average molecular weight is 184 g/mol. The van der Waals surface area contributed by atoms with Gasteiger partial charge in [-0.1, -0.05) is 0 Å². The van der Waals surface area contributed by atoms with E-state index in [0.29, 0.717) is 6.54 Å². The van der Waals surface area contributed by atoms with Crippen LogP contribution in [-0.4, -0.2) is 22.6 Å². The summed E-state index contributed by atoms with van der Waals surface area (Å²) < 4.78 is 13.2. The van der Waals surface area contributed by atoms with Gasteiger partial charge in [-0.2, -0.15) is 0 Å². The summed E-state index contributed by atoms with van der Waals surface area (Å²) in [4.78, 5) is 14.1. The second-order valence-corrected chi connectivity index (χ2v) is 2.36. The third kappa shape index (κ3) is 1.93. The molecule has 0 aliphatic rings. The molecule has 0 aromatic carbocycles. The lowest BCUT2D eigenvalue weighted by molar-refractivity contribution is 0.0692. The fourth-order valence-electron chi connectivity index (χ4n) is 0.900. The van der Waals surface area contributed by atoms with Crippen LogP contribution in [0.15, 0.2) is 12.3 Å². The molecule has 0 radical (unpaired) electrons. The first kappa shape index (κ1) is 9.44. The molecule has 0 saturated heterocycles. The molecule has 2 N–H and O–H groups in total. The third-order valence-electron chi connectivity index (χ3n) is 1.46. The van der Waals surface area contributed by atoms with E-state index in [9.17, 15) is 9.18 Å². The van der Waals surface area contributed by atoms with Gasteiger partial charge in [-0.05, 0) is 13.0 Å². The molecule has 1 heterocycles. The van der Waals surface area contributed by atoms with E-state index in [2.05, 4.69) is 10.3 Å². The molecule has 70 valence electrons. The van der Waals surface area contributed by atoms with Crippen LogP contribution in [0.3, 0.4) is 0 Å². The highest BCUT2D eigenvalue weighted by Crippen LogP contribution is 2.14. The molecule has 0 amide bonds. The van der Waals surface area contributed by atoms with Gasteiger partial charge < -0.3 is 10.4 Å². The molecule has 1 rings (SSSR count). The van der Waals surface area contributed by atoms with Crippen molar-refractivity contribution in [2.24, 2.45) is 0 Å². The summed E-state index contributed by atoms with van der Waals surface area (Å²) in [6.07, 6.45) is 1.25. The number of hydrogen-bond acceptors (Lipinski definition) is 3. The van der Waals surface area contributed by atoms with Crippen molar-refractivity contribution < 1.29 is 14.3 Å². The molecule has 13 heavy (non-hydrogen) atoms. The van der Waals surface area contributed by atoms with Crippen LogP contribution in [0.1, 0.15) is 17.3 Å². The number of nitrogens with zero attached hydrogens (tertiary/aromatic N) is 1. The fraction of sp³-hybridized carbons (Fsp3) is 0.250. The fourth-order valence-corrected chi connectivity index (χ4v) is 0.900. The number of pyridine rings is 1. The lowest BCUT2D eigenvalue weighted by Gasteiger charge is -2.04. The molecule has 0 spiro atoms. The van der Waals surface area contributed by atoms with E-state index in [1.165, 1.54) is 6.20 Å². The first-order valence-electron chi connectivity index (χ1n) is 3.78. The van der Waals surface area contributed by atoms with Gasteiger partial charge in [-0.15, -0.1) is 0 Å². The Balaban J connectivity index is 3.10. The summed E-state index contributed by atoms with van der Waals surface area (Å²) in [6, 6.07) is 1.12. The van der Waals surface area contributed by atoms with Gasteiger partial charge in [0.05, 0.1) is 0 Å². The Bertz CT molecular complexity index is 328. The highest BCUT2D eigenvalue weighted by Gasteiger charge is 2.13. The topological polar surface area (TPSA) is 62.2 Å². The van der Waals surface area contributed by atoms with Crippen LogP contribution in [0, 0.1) is 5.82 Å². The van der Waals surface area contributed by atoms with E-state index in [0.717, 1.165) is 6.07 Å². The number of anilines is 1. The summed E-state index contributed by atoms with van der Waals surface area (Å²) in [5, 5.41) is 11.2. The number of hydrogen-bond donors (Lipinski definition) is 2. The second kappa shape index (κ2) is 3.84. The van der Waals surface area contributed by atoms with Gasteiger partial charge in [0.15, 0.2) is 11.6 Å². The molecule has 4 nitrogen and oxygen atoms in total. The number of carboxylic acid groups (broad SMARTS) is 1. The quantitative estimate of drug-likeness (QED) is 0.744. The largest absolute Gasteiger partial charge is 0.478 e. The Morgan fingerprint density at radius 2 is 2.46 bits per heavy atom. The number of aromatic nitrogens is 1. The van der Waals surface area contributed by atoms with Crippen molar-refractivity contribution in [2.45, 2.75) is 6.92 Å². The van der Waals surface area contributed by atoms with Crippen LogP contribution >= 0.6 is 0 Å². The van der Waals surface area contributed by atoms with Crippen molar-refractivity contribution in [1.29, 1.82) is 0 Å². The highest BCUT2D eigenvalue weighted by atomic mass is 19.1. The predicted octanol–water partition coefficient (Wildman–Crippen LogP) is 1.35. The zero-order valence-electron chi connectivity index (χ0n) is 7.04. The number of aromatic carboxylic acids is 1. The standard InChI is InChI=1S/C8H9FN2O2/c1-2-10-7-6(9)5(8(12)13)3-4-11-7/h3-4H,2H2,1H3,(H,10,11)(H,12,13). The van der Waals surface area contributed by atoms with Crippen LogP contribution < -0.4 is 5.32 Å². The molecule has 5 heteroatoms. The zero-order valence-corrected chi connectivity index (χ0v) is 7.04. The predicted molar refractivity (Wildman–Crippen MR) is 45.3 cm³/mol. The maximum Gasteiger partial charge on any atom is 0.338 e. The molecule has 1 aromatic heterocycles. The maximum absolute atomic E-state index is 13.2. The van der Waals surface area contributed by atoms with Crippen LogP contribution in [-0.2, 0) is 0 Å². The van der Waals surface area contributed by atoms with E-state index in [1.54, 1.807) is 6.92 Å². The van der Waals surface area contributed by atoms with Crippen LogP contribution in [0.5, 0.6) is 0 Å². The SMILES string of the molecule is CCNc1nccc(C(=O)O)c1F. The van der Waals surface area contributed by atoms with Crippen molar-refractivity contribution in [1.82, 2.24) is 4.98 Å². The molecular formula is C8H9FN2O2.